The van der Waals surface area contributed by atoms with Crippen molar-refractivity contribution in [1.82, 2.24) is 14.9 Å². The van der Waals surface area contributed by atoms with Crippen LogP contribution in [0.25, 0.3) is 10.9 Å². The summed E-state index contributed by atoms with van der Waals surface area (Å²) >= 11 is 1.29. The molecule has 25 heavy (non-hydrogen) atoms. The minimum Gasteiger partial charge on any atom is -0.376 e. The number of amides is 1. The van der Waals surface area contributed by atoms with Crippen molar-refractivity contribution in [3.63, 3.8) is 0 Å². The smallest absolute Gasteiger partial charge is 0.262 e. The maximum Gasteiger partial charge on any atom is 0.262 e. The Hall–Kier alpha value is -1.86. The number of nitrogens with one attached hydrogen (secondary N) is 1. The zero-order valence-electron chi connectivity index (χ0n) is 14.5. The number of aromatic nitrogens is 2. The SMILES string of the molecule is CC(C)n1c(SCC(=O)NC[C@@H]2CCCO2)nc2ccccc2c1=O. The third-order valence-electron chi connectivity index (χ3n) is 4.18. The number of ether oxygens (including phenoxy) is 1. The molecule has 1 fully saturated rings. The van der Waals surface area contributed by atoms with E-state index in [1.54, 1.807) is 10.6 Å². The highest BCUT2D eigenvalue weighted by molar-refractivity contribution is 7.99. The average molecular weight is 361 g/mol. The lowest BCUT2D eigenvalue weighted by Crippen LogP contribution is -2.33. The Morgan fingerprint density at radius 1 is 1.44 bits per heavy atom. The van der Waals surface area contributed by atoms with Gasteiger partial charge >= 0.3 is 0 Å². The van der Waals surface area contributed by atoms with Gasteiger partial charge in [-0.05, 0) is 38.8 Å². The van der Waals surface area contributed by atoms with Gasteiger partial charge in [-0.2, -0.15) is 0 Å². The summed E-state index contributed by atoms with van der Waals surface area (Å²) in [5, 5.41) is 4.07. The van der Waals surface area contributed by atoms with Crippen LogP contribution in [-0.4, -0.2) is 40.5 Å². The number of benzene rings is 1. The molecule has 0 bridgehead atoms. The second-order valence-corrected chi connectivity index (χ2v) is 7.35. The zero-order valence-corrected chi connectivity index (χ0v) is 15.3. The first kappa shape index (κ1) is 17.9. The predicted molar refractivity (Wildman–Crippen MR) is 99.1 cm³/mol. The molecule has 1 saturated heterocycles. The van der Waals surface area contributed by atoms with E-state index >= 15 is 0 Å². The molecule has 1 atom stereocenters. The summed E-state index contributed by atoms with van der Waals surface area (Å²) in [5.41, 5.74) is 0.592. The summed E-state index contributed by atoms with van der Waals surface area (Å²) in [6.45, 7) is 5.21. The van der Waals surface area contributed by atoms with Crippen LogP contribution in [0.3, 0.4) is 0 Å². The van der Waals surface area contributed by atoms with Gasteiger partial charge in [-0.15, -0.1) is 0 Å². The van der Waals surface area contributed by atoms with Gasteiger partial charge in [-0.25, -0.2) is 4.98 Å². The molecule has 1 aliphatic rings. The van der Waals surface area contributed by atoms with E-state index in [0.717, 1.165) is 19.4 Å². The molecule has 0 unspecified atom stereocenters. The highest BCUT2D eigenvalue weighted by Crippen LogP contribution is 2.20. The van der Waals surface area contributed by atoms with Crippen LogP contribution >= 0.6 is 11.8 Å². The normalized spacial score (nSPS) is 17.3. The quantitative estimate of drug-likeness (QED) is 0.632. The number of rotatable bonds is 6. The van der Waals surface area contributed by atoms with E-state index in [9.17, 15) is 9.59 Å². The molecule has 2 heterocycles. The number of hydrogen-bond acceptors (Lipinski definition) is 5. The van der Waals surface area contributed by atoms with Crippen molar-refractivity contribution in [2.45, 2.75) is 44.0 Å². The first-order chi connectivity index (χ1) is 12.1. The molecular formula is C18H23N3O3S. The largest absolute Gasteiger partial charge is 0.376 e. The second kappa shape index (κ2) is 8.01. The van der Waals surface area contributed by atoms with Crippen LogP contribution in [0.1, 0.15) is 32.7 Å². The van der Waals surface area contributed by atoms with Crippen molar-refractivity contribution in [2.75, 3.05) is 18.9 Å². The lowest BCUT2D eigenvalue weighted by molar-refractivity contribution is -0.119. The number of nitrogens with zero attached hydrogens (tertiary/aromatic N) is 2. The summed E-state index contributed by atoms with van der Waals surface area (Å²) in [7, 11) is 0. The standard InChI is InChI=1S/C18H23N3O3S/c1-12(2)21-17(23)14-7-3-4-8-15(14)20-18(21)25-11-16(22)19-10-13-6-5-9-24-13/h3-4,7-8,12-13H,5-6,9-11H2,1-2H3,(H,19,22)/t13-/m0/s1. The van der Waals surface area contributed by atoms with E-state index in [1.165, 1.54) is 11.8 Å². The zero-order chi connectivity index (χ0) is 17.8. The minimum atomic E-state index is -0.0711. The van der Waals surface area contributed by atoms with Gasteiger partial charge in [0, 0.05) is 19.2 Å². The first-order valence-electron chi connectivity index (χ1n) is 8.58. The van der Waals surface area contributed by atoms with E-state index in [1.807, 2.05) is 32.0 Å². The molecule has 6 nitrogen and oxygen atoms in total. The number of carbonyl (C=O) groups excluding carboxylic acids is 1. The molecule has 1 aromatic carbocycles. The molecule has 1 amide bonds. The van der Waals surface area contributed by atoms with E-state index in [2.05, 4.69) is 10.3 Å². The van der Waals surface area contributed by atoms with Crippen LogP contribution in [0, 0.1) is 0 Å². The summed E-state index contributed by atoms with van der Waals surface area (Å²) in [6, 6.07) is 7.27. The van der Waals surface area contributed by atoms with Crippen LogP contribution in [0.15, 0.2) is 34.2 Å². The van der Waals surface area contributed by atoms with Gasteiger partial charge in [-0.1, -0.05) is 23.9 Å². The Labute approximate surface area is 151 Å². The van der Waals surface area contributed by atoms with Gasteiger partial charge in [-0.3, -0.25) is 14.2 Å². The van der Waals surface area contributed by atoms with E-state index in [0.29, 0.717) is 22.6 Å². The number of hydrogen-bond donors (Lipinski definition) is 1. The van der Waals surface area contributed by atoms with Crippen LogP contribution < -0.4 is 10.9 Å². The summed E-state index contributed by atoms with van der Waals surface area (Å²) in [4.78, 5) is 29.4. The molecule has 7 heteroatoms. The topological polar surface area (TPSA) is 73.2 Å². The molecular weight excluding hydrogens is 338 g/mol. The van der Waals surface area contributed by atoms with E-state index < -0.39 is 0 Å². The molecule has 0 radical (unpaired) electrons. The Balaban J connectivity index is 1.72. The van der Waals surface area contributed by atoms with E-state index in [-0.39, 0.29) is 29.4 Å². The van der Waals surface area contributed by atoms with Gasteiger partial charge < -0.3 is 10.1 Å². The Morgan fingerprint density at radius 2 is 2.24 bits per heavy atom. The van der Waals surface area contributed by atoms with Crippen molar-refractivity contribution in [2.24, 2.45) is 0 Å². The van der Waals surface area contributed by atoms with Crippen LogP contribution in [0.5, 0.6) is 0 Å². The maximum absolute atomic E-state index is 12.7. The molecule has 0 saturated carbocycles. The highest BCUT2D eigenvalue weighted by Gasteiger charge is 2.18. The third-order valence-corrected chi connectivity index (χ3v) is 5.13. The van der Waals surface area contributed by atoms with E-state index in [4.69, 9.17) is 4.74 Å². The summed E-state index contributed by atoms with van der Waals surface area (Å²) in [5.74, 6) is 0.155. The predicted octanol–water partition coefficient (Wildman–Crippen LogP) is 2.36. The lowest BCUT2D eigenvalue weighted by Gasteiger charge is -2.16. The molecule has 1 N–H and O–H groups in total. The van der Waals surface area contributed by atoms with Gasteiger partial charge in [0.2, 0.25) is 5.91 Å². The second-order valence-electron chi connectivity index (χ2n) is 6.41. The molecule has 2 aromatic rings. The van der Waals surface area contributed by atoms with Crippen molar-refractivity contribution in [3.8, 4) is 0 Å². The third kappa shape index (κ3) is 4.22. The fraction of sp³-hybridized carbons (Fsp3) is 0.500. The van der Waals surface area contributed by atoms with Crippen molar-refractivity contribution < 1.29 is 9.53 Å². The lowest BCUT2D eigenvalue weighted by atomic mass is 10.2. The monoisotopic (exact) mass is 361 g/mol. The number of para-hydroxylation sites is 1. The fourth-order valence-corrected chi connectivity index (χ4v) is 3.85. The van der Waals surface area contributed by atoms with Crippen LogP contribution in [0.4, 0.5) is 0 Å². The Kier molecular flexibility index (Phi) is 5.75. The number of thioether (sulfide) groups is 1. The summed E-state index contributed by atoms with van der Waals surface area (Å²) in [6.07, 6.45) is 2.17. The Bertz CT molecular complexity index is 813. The van der Waals surface area contributed by atoms with Crippen molar-refractivity contribution in [1.29, 1.82) is 0 Å². The van der Waals surface area contributed by atoms with Gasteiger partial charge in [0.05, 0.1) is 22.8 Å². The van der Waals surface area contributed by atoms with Gasteiger partial charge in [0.25, 0.3) is 5.56 Å². The summed E-state index contributed by atoms with van der Waals surface area (Å²) < 4.78 is 7.15. The van der Waals surface area contributed by atoms with Crippen molar-refractivity contribution in [3.05, 3.63) is 34.6 Å². The fourth-order valence-electron chi connectivity index (χ4n) is 2.90. The number of fused-ring (bicyclic) bond motifs is 1. The first-order valence-corrected chi connectivity index (χ1v) is 9.57. The highest BCUT2D eigenvalue weighted by atomic mass is 32.2. The Morgan fingerprint density at radius 3 is 2.96 bits per heavy atom. The van der Waals surface area contributed by atoms with Crippen LogP contribution in [-0.2, 0) is 9.53 Å². The maximum atomic E-state index is 12.7. The number of carbonyl (C=O) groups is 1. The molecule has 134 valence electrons. The van der Waals surface area contributed by atoms with Gasteiger partial charge in [0.15, 0.2) is 5.16 Å². The minimum absolute atomic E-state index is 0.0259. The van der Waals surface area contributed by atoms with Crippen LogP contribution in [0.2, 0.25) is 0 Å². The molecule has 0 aliphatic carbocycles. The molecule has 0 spiro atoms. The molecule has 3 rings (SSSR count). The molecule has 1 aliphatic heterocycles. The average Bonchev–Trinajstić information content (AvgIpc) is 3.11. The van der Waals surface area contributed by atoms with Crippen molar-refractivity contribution >= 4 is 28.6 Å². The molecule has 1 aromatic heterocycles. The van der Waals surface area contributed by atoms with Gasteiger partial charge in [0.1, 0.15) is 0 Å².